The Labute approximate surface area is 226 Å². The van der Waals surface area contributed by atoms with Gasteiger partial charge in [-0.15, -0.1) is 0 Å². The molecule has 5 aromatic rings. The number of pyridine rings is 1. The van der Waals surface area contributed by atoms with E-state index in [4.69, 9.17) is 9.72 Å². The Bertz CT molecular complexity index is 1630. The molecule has 1 atom stereocenters. The van der Waals surface area contributed by atoms with Crippen molar-refractivity contribution in [2.24, 2.45) is 7.05 Å². The lowest BCUT2D eigenvalue weighted by Gasteiger charge is -2.34. The SMILES string of the molecule is COc1cc(Nc2ncc(-c3ccc(F)nc3)c(-c3cn(C)c4ccccc34)n2)ccc1N1CCN[C@@H](C)C1. The summed E-state index contributed by atoms with van der Waals surface area (Å²) in [4.78, 5) is 15.8. The average molecular weight is 524 g/mol. The molecule has 0 spiro atoms. The van der Waals surface area contributed by atoms with E-state index in [1.54, 1.807) is 19.4 Å². The van der Waals surface area contributed by atoms with Crippen LogP contribution in [0.4, 0.5) is 21.7 Å². The quantitative estimate of drug-likeness (QED) is 0.289. The molecule has 3 aromatic heterocycles. The topological polar surface area (TPSA) is 80.1 Å². The molecular formula is C30H30FN7O. The van der Waals surface area contributed by atoms with Crippen molar-refractivity contribution >= 4 is 28.2 Å². The van der Waals surface area contributed by atoms with Gasteiger partial charge in [-0.2, -0.15) is 4.39 Å². The molecule has 2 N–H and O–H groups in total. The van der Waals surface area contributed by atoms with Crippen LogP contribution in [-0.2, 0) is 7.05 Å². The van der Waals surface area contributed by atoms with Crippen molar-refractivity contribution in [2.45, 2.75) is 13.0 Å². The number of hydrogen-bond acceptors (Lipinski definition) is 7. The van der Waals surface area contributed by atoms with Crippen molar-refractivity contribution < 1.29 is 9.13 Å². The van der Waals surface area contributed by atoms with Crippen molar-refractivity contribution in [3.8, 4) is 28.1 Å². The van der Waals surface area contributed by atoms with E-state index in [1.807, 2.05) is 31.3 Å². The smallest absolute Gasteiger partial charge is 0.227 e. The lowest BCUT2D eigenvalue weighted by molar-refractivity contribution is 0.410. The fourth-order valence-corrected chi connectivity index (χ4v) is 5.22. The zero-order chi connectivity index (χ0) is 26.9. The number of ether oxygens (including phenoxy) is 1. The van der Waals surface area contributed by atoms with Crippen LogP contribution in [0.5, 0.6) is 5.75 Å². The van der Waals surface area contributed by atoms with Gasteiger partial charge < -0.3 is 24.8 Å². The fourth-order valence-electron chi connectivity index (χ4n) is 5.22. The number of aryl methyl sites for hydroxylation is 1. The second kappa shape index (κ2) is 10.3. The first kappa shape index (κ1) is 24.8. The van der Waals surface area contributed by atoms with E-state index in [0.717, 1.165) is 70.0 Å². The molecule has 8 nitrogen and oxygen atoms in total. The van der Waals surface area contributed by atoms with E-state index in [-0.39, 0.29) is 0 Å². The third kappa shape index (κ3) is 4.88. The Morgan fingerprint density at radius 3 is 2.72 bits per heavy atom. The first-order valence-electron chi connectivity index (χ1n) is 13.0. The number of benzene rings is 2. The summed E-state index contributed by atoms with van der Waals surface area (Å²) in [5.41, 5.74) is 6.17. The molecule has 0 unspecified atom stereocenters. The van der Waals surface area contributed by atoms with Crippen LogP contribution in [-0.4, -0.2) is 52.3 Å². The van der Waals surface area contributed by atoms with Crippen LogP contribution in [0.25, 0.3) is 33.3 Å². The van der Waals surface area contributed by atoms with E-state index in [0.29, 0.717) is 12.0 Å². The van der Waals surface area contributed by atoms with Gasteiger partial charge in [0.2, 0.25) is 11.9 Å². The number of aromatic nitrogens is 4. The van der Waals surface area contributed by atoms with E-state index in [1.165, 1.54) is 12.3 Å². The van der Waals surface area contributed by atoms with Crippen LogP contribution in [0.2, 0.25) is 0 Å². The third-order valence-corrected chi connectivity index (χ3v) is 7.12. The number of piperazine rings is 1. The lowest BCUT2D eigenvalue weighted by Crippen LogP contribution is -2.49. The number of hydrogen-bond donors (Lipinski definition) is 2. The van der Waals surface area contributed by atoms with Crippen molar-refractivity contribution in [3.05, 3.63) is 79.1 Å². The van der Waals surface area contributed by atoms with Crippen LogP contribution in [0.15, 0.2) is 73.2 Å². The second-order valence-electron chi connectivity index (χ2n) is 9.81. The summed E-state index contributed by atoms with van der Waals surface area (Å²) in [5.74, 6) is 0.706. The minimum absolute atomic E-state index is 0.414. The highest BCUT2D eigenvalue weighted by atomic mass is 19.1. The van der Waals surface area contributed by atoms with Gasteiger partial charge >= 0.3 is 0 Å². The number of methoxy groups -OCH3 is 1. The van der Waals surface area contributed by atoms with Crippen molar-refractivity contribution in [1.82, 2.24) is 24.8 Å². The van der Waals surface area contributed by atoms with E-state index >= 15 is 0 Å². The molecule has 2 aromatic carbocycles. The predicted octanol–water partition coefficient (Wildman–Crippen LogP) is 5.39. The predicted molar refractivity (Wildman–Crippen MR) is 153 cm³/mol. The van der Waals surface area contributed by atoms with Gasteiger partial charge in [0.05, 0.1) is 18.5 Å². The number of halogens is 1. The summed E-state index contributed by atoms with van der Waals surface area (Å²) in [6.07, 6.45) is 5.33. The van der Waals surface area contributed by atoms with E-state index < -0.39 is 5.95 Å². The van der Waals surface area contributed by atoms with Gasteiger partial charge in [-0.1, -0.05) is 18.2 Å². The standard InChI is InChI=1S/C30H30FN7O/c1-19-17-38(13-12-32-19)26-10-9-21(14-27(26)39-3)35-30-34-16-23(20-8-11-28(31)33-15-20)29(36-30)24-18-37(2)25-7-5-4-6-22(24)25/h4-11,14-16,18-19,32H,12-13,17H2,1-3H3,(H,34,35,36)/t19-/m0/s1. The number of rotatable bonds is 6. The molecule has 0 amide bonds. The zero-order valence-electron chi connectivity index (χ0n) is 22.1. The van der Waals surface area contributed by atoms with Crippen molar-refractivity contribution in [2.75, 3.05) is 37.0 Å². The van der Waals surface area contributed by atoms with Crippen LogP contribution in [0.1, 0.15) is 6.92 Å². The zero-order valence-corrected chi connectivity index (χ0v) is 22.1. The molecule has 1 fully saturated rings. The van der Waals surface area contributed by atoms with Crippen LogP contribution < -0.4 is 20.3 Å². The Morgan fingerprint density at radius 2 is 1.92 bits per heavy atom. The van der Waals surface area contributed by atoms with Gasteiger partial charge in [-0.3, -0.25) is 0 Å². The van der Waals surface area contributed by atoms with Gasteiger partial charge in [0.15, 0.2) is 0 Å². The largest absolute Gasteiger partial charge is 0.495 e. The Kier molecular flexibility index (Phi) is 6.58. The number of nitrogens with one attached hydrogen (secondary N) is 2. The second-order valence-corrected chi connectivity index (χ2v) is 9.81. The number of anilines is 3. The number of fused-ring (bicyclic) bond motifs is 1. The first-order valence-corrected chi connectivity index (χ1v) is 13.0. The van der Waals surface area contributed by atoms with Crippen LogP contribution in [0, 0.1) is 5.95 Å². The van der Waals surface area contributed by atoms with Gasteiger partial charge in [0.1, 0.15) is 5.75 Å². The summed E-state index contributed by atoms with van der Waals surface area (Å²) in [5, 5.41) is 7.90. The molecule has 9 heteroatoms. The average Bonchev–Trinajstić information content (AvgIpc) is 3.30. The number of nitrogens with zero attached hydrogens (tertiary/aromatic N) is 5. The molecule has 0 radical (unpaired) electrons. The fraction of sp³-hybridized carbons (Fsp3) is 0.233. The van der Waals surface area contributed by atoms with E-state index in [2.05, 4.69) is 61.4 Å². The first-order chi connectivity index (χ1) is 19.0. The number of para-hydroxylation sites is 1. The maximum atomic E-state index is 13.6. The molecule has 198 valence electrons. The van der Waals surface area contributed by atoms with Crippen LogP contribution in [0.3, 0.4) is 0 Å². The molecule has 0 bridgehead atoms. The minimum Gasteiger partial charge on any atom is -0.495 e. The monoisotopic (exact) mass is 523 g/mol. The summed E-state index contributed by atoms with van der Waals surface area (Å²) < 4.78 is 21.4. The lowest BCUT2D eigenvalue weighted by atomic mass is 10.0. The molecule has 4 heterocycles. The molecule has 1 saturated heterocycles. The molecule has 6 rings (SSSR count). The highest BCUT2D eigenvalue weighted by molar-refractivity contribution is 5.98. The summed E-state index contributed by atoms with van der Waals surface area (Å²) >= 11 is 0. The van der Waals surface area contributed by atoms with E-state index in [9.17, 15) is 4.39 Å². The van der Waals surface area contributed by atoms with Crippen LogP contribution >= 0.6 is 0 Å². The van der Waals surface area contributed by atoms with Crippen molar-refractivity contribution in [1.29, 1.82) is 0 Å². The maximum Gasteiger partial charge on any atom is 0.227 e. The van der Waals surface area contributed by atoms with Gasteiger partial charge in [-0.25, -0.2) is 15.0 Å². The highest BCUT2D eigenvalue weighted by Gasteiger charge is 2.20. The molecular weight excluding hydrogens is 493 g/mol. The Morgan fingerprint density at radius 1 is 1.05 bits per heavy atom. The molecule has 1 aliphatic rings. The minimum atomic E-state index is -0.530. The molecule has 0 aliphatic carbocycles. The maximum absolute atomic E-state index is 13.6. The van der Waals surface area contributed by atoms with Gasteiger partial charge in [-0.05, 0) is 37.3 Å². The summed E-state index contributed by atoms with van der Waals surface area (Å²) in [6, 6.07) is 17.7. The summed E-state index contributed by atoms with van der Waals surface area (Å²) in [7, 11) is 3.70. The summed E-state index contributed by atoms with van der Waals surface area (Å²) in [6.45, 7) is 4.96. The highest BCUT2D eigenvalue weighted by Crippen LogP contribution is 2.37. The van der Waals surface area contributed by atoms with Gasteiger partial charge in [0.25, 0.3) is 0 Å². The van der Waals surface area contributed by atoms with Gasteiger partial charge in [0, 0.05) is 90.7 Å². The Balaban J connectivity index is 1.40. The van der Waals surface area contributed by atoms with Crippen molar-refractivity contribution in [3.63, 3.8) is 0 Å². The normalized spacial score (nSPS) is 15.5. The third-order valence-electron chi connectivity index (χ3n) is 7.12. The Hall–Kier alpha value is -4.50. The molecule has 0 saturated carbocycles. The molecule has 39 heavy (non-hydrogen) atoms. The molecule has 1 aliphatic heterocycles.